The minimum atomic E-state index is -4.95. The highest BCUT2D eigenvalue weighted by molar-refractivity contribution is 7.47. The van der Waals surface area contributed by atoms with E-state index in [9.17, 15) is 43.2 Å². The Hall–Kier alpha value is -1.94. The summed E-state index contributed by atoms with van der Waals surface area (Å²) in [4.78, 5) is 72.1. The molecule has 0 saturated carbocycles. The van der Waals surface area contributed by atoms with Crippen LogP contribution >= 0.6 is 15.6 Å². The second-order valence-electron chi connectivity index (χ2n) is 24.8. The lowest BCUT2D eigenvalue weighted by Crippen LogP contribution is -2.30. The number of phosphoric acid groups is 2. The van der Waals surface area contributed by atoms with Crippen molar-refractivity contribution >= 4 is 39.5 Å². The van der Waals surface area contributed by atoms with Crippen LogP contribution in [-0.2, 0) is 65.4 Å². The van der Waals surface area contributed by atoms with Gasteiger partial charge in [-0.15, -0.1) is 0 Å². The fourth-order valence-electron chi connectivity index (χ4n) is 9.40. The van der Waals surface area contributed by atoms with Crippen LogP contribution in [0.2, 0.25) is 0 Å². The molecule has 19 heteroatoms. The Kier molecular flexibility index (Phi) is 53.0. The van der Waals surface area contributed by atoms with Gasteiger partial charge in [0, 0.05) is 25.7 Å². The molecular weight excluding hydrogens is 1100 g/mol. The number of hydrogen-bond acceptors (Lipinski definition) is 15. The first kappa shape index (κ1) is 81.1. The lowest BCUT2D eigenvalue weighted by molar-refractivity contribution is -0.161. The zero-order chi connectivity index (χ0) is 61.8. The maximum atomic E-state index is 13.0. The predicted octanol–water partition coefficient (Wildman–Crippen LogP) is 17.4. The molecule has 0 spiro atoms. The molecule has 0 radical (unpaired) electrons. The molecule has 0 aliphatic carbocycles. The summed E-state index contributed by atoms with van der Waals surface area (Å²) in [5, 5.41) is 10.5. The normalized spacial score (nSPS) is 14.8. The van der Waals surface area contributed by atoms with Crippen LogP contribution in [-0.4, -0.2) is 96.7 Å². The van der Waals surface area contributed by atoms with Crippen LogP contribution in [0.4, 0.5) is 0 Å². The molecule has 492 valence electrons. The van der Waals surface area contributed by atoms with Crippen LogP contribution < -0.4 is 0 Å². The lowest BCUT2D eigenvalue weighted by Gasteiger charge is -2.21. The lowest BCUT2D eigenvalue weighted by atomic mass is 10.00. The highest BCUT2D eigenvalue weighted by Gasteiger charge is 2.30. The number of esters is 4. The van der Waals surface area contributed by atoms with Gasteiger partial charge in [-0.05, 0) is 49.4 Å². The number of aliphatic hydroxyl groups excluding tert-OH is 1. The van der Waals surface area contributed by atoms with E-state index in [2.05, 4.69) is 55.4 Å². The molecule has 17 nitrogen and oxygen atoms in total. The van der Waals surface area contributed by atoms with Crippen molar-refractivity contribution in [2.45, 2.75) is 324 Å². The summed E-state index contributed by atoms with van der Waals surface area (Å²) < 4.78 is 67.9. The number of aliphatic hydroxyl groups is 1. The fourth-order valence-corrected chi connectivity index (χ4v) is 11.0. The SMILES string of the molecule is CCC(C)CCCCCCCCC(=O)OC[C@H](COP(=O)(O)OC[C@@H](O)COP(=O)(O)OC[C@@H](COC(=O)CCCCCCCCC(C)C)OC(=O)CCCCCCCCCCCCCCC(C)C)OC(=O)CCCCCCCCC(C)C. The van der Waals surface area contributed by atoms with E-state index in [0.717, 1.165) is 115 Å². The summed E-state index contributed by atoms with van der Waals surface area (Å²) in [5.41, 5.74) is 0. The molecule has 0 saturated heterocycles. The highest BCUT2D eigenvalue weighted by atomic mass is 31.2. The van der Waals surface area contributed by atoms with Crippen LogP contribution in [0.15, 0.2) is 0 Å². The quantitative estimate of drug-likeness (QED) is 0.0222. The Balaban J connectivity index is 5.23. The van der Waals surface area contributed by atoms with Gasteiger partial charge in [0.25, 0.3) is 0 Å². The number of hydrogen-bond donors (Lipinski definition) is 3. The van der Waals surface area contributed by atoms with Crippen LogP contribution in [0.5, 0.6) is 0 Å². The average molecular weight is 1230 g/mol. The van der Waals surface area contributed by atoms with Gasteiger partial charge in [-0.25, -0.2) is 9.13 Å². The van der Waals surface area contributed by atoms with E-state index in [4.69, 9.17) is 37.0 Å². The molecule has 0 aromatic heterocycles. The zero-order valence-electron chi connectivity index (χ0n) is 53.8. The predicted molar refractivity (Wildman–Crippen MR) is 331 cm³/mol. The summed E-state index contributed by atoms with van der Waals surface area (Å²) in [6.45, 7) is 13.9. The largest absolute Gasteiger partial charge is 0.472 e. The Morgan fingerprint density at radius 3 is 0.855 bits per heavy atom. The molecule has 3 N–H and O–H groups in total. The Morgan fingerprint density at radius 1 is 0.337 bits per heavy atom. The molecule has 0 amide bonds. The Labute approximate surface area is 505 Å². The van der Waals surface area contributed by atoms with Crippen molar-refractivity contribution in [3.05, 3.63) is 0 Å². The topological polar surface area (TPSA) is 237 Å². The fraction of sp³-hybridized carbons (Fsp3) is 0.938. The van der Waals surface area contributed by atoms with E-state index >= 15 is 0 Å². The summed E-state index contributed by atoms with van der Waals surface area (Å²) in [6, 6.07) is 0. The third kappa shape index (κ3) is 57.6. The molecule has 0 heterocycles. The molecule has 0 aromatic rings. The number of unbranched alkanes of at least 4 members (excludes halogenated alkanes) is 26. The summed E-state index contributed by atoms with van der Waals surface area (Å²) in [6.07, 6.45) is 33.8. The number of ether oxygens (including phenoxy) is 4. The van der Waals surface area contributed by atoms with Crippen LogP contribution in [0, 0.1) is 23.7 Å². The van der Waals surface area contributed by atoms with Gasteiger partial charge in [0.05, 0.1) is 26.4 Å². The van der Waals surface area contributed by atoms with Crippen molar-refractivity contribution in [2.24, 2.45) is 23.7 Å². The van der Waals surface area contributed by atoms with E-state index in [1.807, 2.05) is 0 Å². The molecule has 0 aliphatic rings. The Bertz CT molecular complexity index is 1660. The highest BCUT2D eigenvalue weighted by Crippen LogP contribution is 2.45. The standard InChI is InChI=1S/C64H124O17P2/c1-9-57(8)43-35-27-20-23-29-37-45-62(67)75-51-60(81-64(69)47-39-31-22-19-26-34-42-56(6)7)53-79-83(72,73)77-49-58(65)48-76-82(70,71)78-52-59(50-74-61(66)44-36-28-21-18-25-33-41-55(4)5)80-63(68)46-38-30-17-15-13-11-10-12-14-16-24-32-40-54(2)3/h54-60,65H,9-53H2,1-8H3,(H,70,71)(H,72,73)/t57?,58-,59+,60+/m0/s1. The van der Waals surface area contributed by atoms with Gasteiger partial charge in [-0.1, -0.05) is 254 Å². The molecule has 0 fully saturated rings. The van der Waals surface area contributed by atoms with Crippen molar-refractivity contribution in [2.75, 3.05) is 39.6 Å². The van der Waals surface area contributed by atoms with Crippen LogP contribution in [0.3, 0.4) is 0 Å². The first-order valence-corrected chi connectivity index (χ1v) is 36.2. The van der Waals surface area contributed by atoms with Gasteiger partial charge in [0.1, 0.15) is 19.3 Å². The van der Waals surface area contributed by atoms with E-state index in [-0.39, 0.29) is 25.7 Å². The molecule has 6 atom stereocenters. The van der Waals surface area contributed by atoms with Gasteiger partial charge < -0.3 is 33.8 Å². The summed E-state index contributed by atoms with van der Waals surface area (Å²) >= 11 is 0. The molecular formula is C64H124O17P2. The number of carbonyl (C=O) groups is 4. The summed E-state index contributed by atoms with van der Waals surface area (Å²) in [7, 11) is -9.89. The number of carbonyl (C=O) groups excluding carboxylic acids is 4. The molecule has 0 bridgehead atoms. The van der Waals surface area contributed by atoms with E-state index < -0.39 is 97.5 Å². The third-order valence-electron chi connectivity index (χ3n) is 14.9. The monoisotopic (exact) mass is 1230 g/mol. The summed E-state index contributed by atoms with van der Waals surface area (Å²) in [5.74, 6) is 0.712. The van der Waals surface area contributed by atoms with Crippen molar-refractivity contribution < 1.29 is 80.2 Å². The second-order valence-corrected chi connectivity index (χ2v) is 27.7. The molecule has 0 rings (SSSR count). The first-order valence-electron chi connectivity index (χ1n) is 33.2. The maximum Gasteiger partial charge on any atom is 0.472 e. The molecule has 3 unspecified atom stereocenters. The molecule has 0 aliphatic heterocycles. The van der Waals surface area contributed by atoms with Crippen molar-refractivity contribution in [1.82, 2.24) is 0 Å². The smallest absolute Gasteiger partial charge is 0.462 e. The van der Waals surface area contributed by atoms with Crippen molar-refractivity contribution in [3.63, 3.8) is 0 Å². The number of phosphoric ester groups is 2. The minimum absolute atomic E-state index is 0.100. The molecule has 0 aromatic carbocycles. The van der Waals surface area contributed by atoms with Gasteiger partial charge in [0.15, 0.2) is 12.2 Å². The average Bonchev–Trinajstić information content (AvgIpc) is 3.45. The van der Waals surface area contributed by atoms with Gasteiger partial charge in [-0.2, -0.15) is 0 Å². The van der Waals surface area contributed by atoms with Crippen LogP contribution in [0.25, 0.3) is 0 Å². The van der Waals surface area contributed by atoms with Crippen molar-refractivity contribution in [1.29, 1.82) is 0 Å². The first-order chi connectivity index (χ1) is 39.6. The van der Waals surface area contributed by atoms with E-state index in [1.54, 1.807) is 0 Å². The Morgan fingerprint density at radius 2 is 0.578 bits per heavy atom. The van der Waals surface area contributed by atoms with Gasteiger partial charge in [-0.3, -0.25) is 37.3 Å². The van der Waals surface area contributed by atoms with Gasteiger partial charge >= 0.3 is 39.5 Å². The van der Waals surface area contributed by atoms with Crippen molar-refractivity contribution in [3.8, 4) is 0 Å². The third-order valence-corrected chi connectivity index (χ3v) is 16.8. The second kappa shape index (κ2) is 54.2. The zero-order valence-corrected chi connectivity index (χ0v) is 55.6. The molecule has 83 heavy (non-hydrogen) atoms. The maximum absolute atomic E-state index is 13.0. The van der Waals surface area contributed by atoms with E-state index in [0.29, 0.717) is 37.5 Å². The van der Waals surface area contributed by atoms with E-state index in [1.165, 1.54) is 96.3 Å². The minimum Gasteiger partial charge on any atom is -0.462 e. The van der Waals surface area contributed by atoms with Gasteiger partial charge in [0.2, 0.25) is 0 Å². The number of rotatable bonds is 61. The van der Waals surface area contributed by atoms with Crippen LogP contribution in [0.1, 0.15) is 306 Å².